The minimum Gasteiger partial charge on any atom is -0.491 e. The van der Waals surface area contributed by atoms with Gasteiger partial charge in [0.05, 0.1) is 19.9 Å². The Labute approximate surface area is 81.9 Å². The van der Waals surface area contributed by atoms with E-state index in [0.717, 1.165) is 11.3 Å². The van der Waals surface area contributed by atoms with E-state index in [1.807, 2.05) is 6.92 Å². The molecule has 0 saturated carbocycles. The van der Waals surface area contributed by atoms with E-state index in [2.05, 4.69) is 9.72 Å². The zero-order valence-corrected chi connectivity index (χ0v) is 8.11. The Morgan fingerprint density at radius 2 is 2.50 bits per heavy atom. The lowest BCUT2D eigenvalue weighted by Gasteiger charge is -2.02. The lowest BCUT2D eigenvalue weighted by molar-refractivity contribution is 0.0594. The van der Waals surface area contributed by atoms with Crippen molar-refractivity contribution in [2.45, 2.75) is 12.8 Å². The molecule has 0 aliphatic carbocycles. The highest BCUT2D eigenvalue weighted by molar-refractivity contribution is 5.87. The molecule has 1 aliphatic heterocycles. The van der Waals surface area contributed by atoms with Gasteiger partial charge in [-0.25, -0.2) is 9.78 Å². The summed E-state index contributed by atoms with van der Waals surface area (Å²) >= 11 is 0. The van der Waals surface area contributed by atoms with Crippen molar-refractivity contribution in [3.05, 3.63) is 23.5 Å². The number of carbonyl (C=O) groups excluding carboxylic acids is 1. The minimum absolute atomic E-state index is 0.316. The fourth-order valence-electron chi connectivity index (χ4n) is 1.48. The van der Waals surface area contributed by atoms with Gasteiger partial charge in [0.2, 0.25) is 0 Å². The summed E-state index contributed by atoms with van der Waals surface area (Å²) in [6, 6.07) is 1.73. The van der Waals surface area contributed by atoms with E-state index in [9.17, 15) is 4.79 Å². The second-order valence-corrected chi connectivity index (χ2v) is 3.31. The highest BCUT2D eigenvalue weighted by Gasteiger charge is 2.22. The molecule has 4 nitrogen and oxygen atoms in total. The first-order valence-electron chi connectivity index (χ1n) is 4.43. The summed E-state index contributed by atoms with van der Waals surface area (Å²) in [6.45, 7) is 2.70. The van der Waals surface area contributed by atoms with Gasteiger partial charge in [-0.2, -0.15) is 0 Å². The Morgan fingerprint density at radius 3 is 3.21 bits per heavy atom. The maximum absolute atomic E-state index is 11.2. The number of hydrogen-bond donors (Lipinski definition) is 0. The average Bonchev–Trinajstić information content (AvgIpc) is 2.59. The Kier molecular flexibility index (Phi) is 2.11. The SMILES string of the molecule is COC(=O)c1cc2c(cn1)OCC2C. The number of rotatable bonds is 1. The third kappa shape index (κ3) is 1.32. The fourth-order valence-corrected chi connectivity index (χ4v) is 1.48. The molecule has 2 rings (SSSR count). The minimum atomic E-state index is -0.410. The van der Waals surface area contributed by atoms with Gasteiger partial charge in [0.15, 0.2) is 0 Å². The summed E-state index contributed by atoms with van der Waals surface area (Å²) in [6.07, 6.45) is 1.57. The number of ether oxygens (including phenoxy) is 2. The number of aromatic nitrogens is 1. The monoisotopic (exact) mass is 193 g/mol. The van der Waals surface area contributed by atoms with E-state index in [-0.39, 0.29) is 0 Å². The highest BCUT2D eigenvalue weighted by atomic mass is 16.5. The topological polar surface area (TPSA) is 48.4 Å². The third-order valence-corrected chi connectivity index (χ3v) is 2.31. The number of pyridine rings is 1. The van der Waals surface area contributed by atoms with Crippen LogP contribution in [0.4, 0.5) is 0 Å². The van der Waals surface area contributed by atoms with Gasteiger partial charge >= 0.3 is 5.97 Å². The molecule has 1 atom stereocenters. The standard InChI is InChI=1S/C10H11NO3/c1-6-5-14-9-4-11-8(3-7(6)9)10(12)13-2/h3-4,6H,5H2,1-2H3. The maximum Gasteiger partial charge on any atom is 0.356 e. The van der Waals surface area contributed by atoms with E-state index in [0.29, 0.717) is 18.2 Å². The number of methoxy groups -OCH3 is 1. The Morgan fingerprint density at radius 1 is 1.71 bits per heavy atom. The summed E-state index contributed by atoms with van der Waals surface area (Å²) in [7, 11) is 1.34. The van der Waals surface area contributed by atoms with Crippen molar-refractivity contribution in [1.82, 2.24) is 4.98 Å². The normalized spacial score (nSPS) is 18.6. The molecule has 0 fully saturated rings. The van der Waals surface area contributed by atoms with Gasteiger partial charge in [0, 0.05) is 11.5 Å². The molecule has 1 unspecified atom stereocenters. The van der Waals surface area contributed by atoms with Crippen LogP contribution >= 0.6 is 0 Å². The summed E-state index contributed by atoms with van der Waals surface area (Å²) in [4.78, 5) is 15.2. The molecule has 4 heteroatoms. The van der Waals surface area contributed by atoms with Crippen molar-refractivity contribution in [2.24, 2.45) is 0 Å². The molecule has 0 amide bonds. The molecule has 1 aromatic rings. The molecule has 1 aromatic heterocycles. The number of fused-ring (bicyclic) bond motifs is 1. The highest BCUT2D eigenvalue weighted by Crippen LogP contribution is 2.32. The van der Waals surface area contributed by atoms with E-state index < -0.39 is 5.97 Å². The maximum atomic E-state index is 11.2. The zero-order chi connectivity index (χ0) is 10.1. The quantitative estimate of drug-likeness (QED) is 0.632. The molecule has 0 saturated heterocycles. The zero-order valence-electron chi connectivity index (χ0n) is 8.11. The van der Waals surface area contributed by atoms with Crippen molar-refractivity contribution in [3.63, 3.8) is 0 Å². The van der Waals surface area contributed by atoms with Gasteiger partial charge in [0.1, 0.15) is 11.4 Å². The van der Waals surface area contributed by atoms with E-state index in [1.165, 1.54) is 7.11 Å². The molecule has 0 spiro atoms. The lowest BCUT2D eigenvalue weighted by Crippen LogP contribution is -2.04. The van der Waals surface area contributed by atoms with Gasteiger partial charge in [0.25, 0.3) is 0 Å². The molecule has 14 heavy (non-hydrogen) atoms. The van der Waals surface area contributed by atoms with E-state index in [1.54, 1.807) is 12.3 Å². The fraction of sp³-hybridized carbons (Fsp3) is 0.400. The van der Waals surface area contributed by atoms with Crippen LogP contribution in [0.15, 0.2) is 12.3 Å². The Balaban J connectivity index is 2.39. The van der Waals surface area contributed by atoms with E-state index >= 15 is 0 Å². The van der Waals surface area contributed by atoms with Crippen molar-refractivity contribution < 1.29 is 14.3 Å². The first kappa shape index (κ1) is 8.99. The van der Waals surface area contributed by atoms with Crippen LogP contribution in [0.25, 0.3) is 0 Å². The van der Waals surface area contributed by atoms with Gasteiger partial charge in [-0.3, -0.25) is 0 Å². The first-order valence-corrected chi connectivity index (χ1v) is 4.43. The van der Waals surface area contributed by atoms with Crippen LogP contribution < -0.4 is 4.74 Å². The van der Waals surface area contributed by atoms with Gasteiger partial charge < -0.3 is 9.47 Å². The van der Waals surface area contributed by atoms with Crippen LogP contribution in [0.5, 0.6) is 5.75 Å². The van der Waals surface area contributed by atoms with Crippen molar-refractivity contribution in [3.8, 4) is 5.75 Å². The predicted molar refractivity (Wildman–Crippen MR) is 49.5 cm³/mol. The van der Waals surface area contributed by atoms with Gasteiger partial charge in [-0.1, -0.05) is 6.92 Å². The number of carbonyl (C=O) groups is 1. The van der Waals surface area contributed by atoms with Crippen LogP contribution in [-0.2, 0) is 4.74 Å². The summed E-state index contributed by atoms with van der Waals surface area (Å²) in [5.74, 6) is 0.674. The van der Waals surface area contributed by atoms with Crippen LogP contribution in [0.2, 0.25) is 0 Å². The number of esters is 1. The van der Waals surface area contributed by atoms with Crippen LogP contribution in [0, 0.1) is 0 Å². The average molecular weight is 193 g/mol. The van der Waals surface area contributed by atoms with Gasteiger partial charge in [-0.05, 0) is 6.07 Å². The largest absolute Gasteiger partial charge is 0.491 e. The Hall–Kier alpha value is -1.58. The van der Waals surface area contributed by atoms with Crippen LogP contribution in [0.1, 0.15) is 28.9 Å². The Bertz CT molecular complexity index is 376. The first-order chi connectivity index (χ1) is 6.72. The lowest BCUT2D eigenvalue weighted by atomic mass is 10.0. The second-order valence-electron chi connectivity index (χ2n) is 3.31. The second kappa shape index (κ2) is 3.29. The molecule has 0 N–H and O–H groups in total. The molecule has 0 radical (unpaired) electrons. The summed E-state index contributed by atoms with van der Waals surface area (Å²) in [5, 5.41) is 0. The number of hydrogen-bond acceptors (Lipinski definition) is 4. The summed E-state index contributed by atoms with van der Waals surface area (Å²) in [5.41, 5.74) is 1.36. The van der Waals surface area contributed by atoms with Crippen molar-refractivity contribution in [1.29, 1.82) is 0 Å². The molecule has 1 aliphatic rings. The van der Waals surface area contributed by atoms with Gasteiger partial charge in [-0.15, -0.1) is 0 Å². The smallest absolute Gasteiger partial charge is 0.356 e. The number of nitrogens with zero attached hydrogens (tertiary/aromatic N) is 1. The molecule has 0 bridgehead atoms. The third-order valence-electron chi connectivity index (χ3n) is 2.31. The van der Waals surface area contributed by atoms with Crippen molar-refractivity contribution >= 4 is 5.97 Å². The van der Waals surface area contributed by atoms with Crippen LogP contribution in [0.3, 0.4) is 0 Å². The molecule has 74 valence electrons. The molecular weight excluding hydrogens is 182 g/mol. The van der Waals surface area contributed by atoms with E-state index in [4.69, 9.17) is 4.74 Å². The molecular formula is C10H11NO3. The predicted octanol–water partition coefficient (Wildman–Crippen LogP) is 1.36. The molecule has 0 aromatic carbocycles. The van der Waals surface area contributed by atoms with Crippen molar-refractivity contribution in [2.75, 3.05) is 13.7 Å². The van der Waals surface area contributed by atoms with Crippen LogP contribution in [-0.4, -0.2) is 24.7 Å². The molecule has 2 heterocycles. The summed E-state index contributed by atoms with van der Waals surface area (Å²) < 4.78 is 9.95.